The number of nitrogens with one attached hydrogen (secondary N) is 2. The van der Waals surface area contributed by atoms with Gasteiger partial charge in [-0.25, -0.2) is 9.18 Å². The second-order valence-electron chi connectivity index (χ2n) is 8.11. The number of nitrogens with zero attached hydrogens (tertiary/aromatic N) is 1. The lowest BCUT2D eigenvalue weighted by Gasteiger charge is -2.28. The van der Waals surface area contributed by atoms with Crippen LogP contribution in [0, 0.1) is 11.7 Å². The molecule has 1 saturated carbocycles. The highest BCUT2D eigenvalue weighted by Gasteiger charge is 2.55. The molecule has 6 nitrogen and oxygen atoms in total. The lowest BCUT2D eigenvalue weighted by Crippen LogP contribution is -2.50. The molecule has 1 aromatic carbocycles. The van der Waals surface area contributed by atoms with Gasteiger partial charge in [0.1, 0.15) is 11.4 Å². The van der Waals surface area contributed by atoms with Crippen LogP contribution in [0.3, 0.4) is 0 Å². The quantitative estimate of drug-likeness (QED) is 0.753. The van der Waals surface area contributed by atoms with E-state index in [4.69, 9.17) is 11.6 Å². The number of benzene rings is 1. The topological polar surface area (TPSA) is 78.5 Å². The number of imide groups is 1. The summed E-state index contributed by atoms with van der Waals surface area (Å²) >= 11 is 5.93. The normalized spacial score (nSPS) is 27.1. The first-order valence-corrected chi connectivity index (χ1v) is 10.1. The number of halogens is 2. The third-order valence-corrected chi connectivity index (χ3v) is 6.48. The Morgan fingerprint density at radius 1 is 1.36 bits per heavy atom. The Hall–Kier alpha value is -2.15. The molecule has 2 heterocycles. The molecule has 0 unspecified atom stereocenters. The minimum absolute atomic E-state index is 0.0337. The number of carbonyl (C=O) groups excluding carboxylic acids is 3. The molecule has 3 aliphatic rings. The van der Waals surface area contributed by atoms with E-state index in [1.165, 1.54) is 6.07 Å². The first-order valence-electron chi connectivity index (χ1n) is 9.69. The second kappa shape index (κ2) is 7.03. The molecule has 2 aliphatic heterocycles. The summed E-state index contributed by atoms with van der Waals surface area (Å²) in [6.45, 7) is 3.00. The molecule has 0 bridgehead atoms. The van der Waals surface area contributed by atoms with Gasteiger partial charge in [-0.05, 0) is 60.8 Å². The Bertz CT molecular complexity index is 857. The van der Waals surface area contributed by atoms with Gasteiger partial charge in [-0.2, -0.15) is 0 Å². The zero-order valence-electron chi connectivity index (χ0n) is 15.7. The van der Waals surface area contributed by atoms with Crippen molar-refractivity contribution in [2.24, 2.45) is 5.92 Å². The van der Waals surface area contributed by atoms with Crippen LogP contribution in [-0.2, 0) is 16.0 Å². The zero-order valence-corrected chi connectivity index (χ0v) is 16.4. The fourth-order valence-electron chi connectivity index (χ4n) is 4.49. The molecule has 28 heavy (non-hydrogen) atoms. The first kappa shape index (κ1) is 19.2. The Morgan fingerprint density at radius 2 is 2.11 bits per heavy atom. The van der Waals surface area contributed by atoms with E-state index in [0.29, 0.717) is 25.9 Å². The minimum atomic E-state index is -0.955. The number of urea groups is 1. The van der Waals surface area contributed by atoms with E-state index >= 15 is 0 Å². The van der Waals surface area contributed by atoms with E-state index in [9.17, 15) is 18.8 Å². The summed E-state index contributed by atoms with van der Waals surface area (Å²) in [6.07, 6.45) is 2.80. The summed E-state index contributed by atoms with van der Waals surface area (Å²) in [4.78, 5) is 38.6. The van der Waals surface area contributed by atoms with Crippen molar-refractivity contribution >= 4 is 29.4 Å². The summed E-state index contributed by atoms with van der Waals surface area (Å²) in [5, 5.41) is 5.17. The highest BCUT2D eigenvalue weighted by Crippen LogP contribution is 2.44. The van der Waals surface area contributed by atoms with E-state index in [1.54, 1.807) is 11.0 Å². The first-order chi connectivity index (χ1) is 13.3. The van der Waals surface area contributed by atoms with E-state index < -0.39 is 17.4 Å². The third-order valence-electron chi connectivity index (χ3n) is 6.19. The van der Waals surface area contributed by atoms with Gasteiger partial charge in [0, 0.05) is 19.5 Å². The molecule has 1 aromatic rings. The number of amides is 4. The van der Waals surface area contributed by atoms with Crippen LogP contribution in [-0.4, -0.2) is 41.4 Å². The van der Waals surface area contributed by atoms with Gasteiger partial charge in [-0.15, -0.1) is 0 Å². The maximum atomic E-state index is 13.8. The number of hydrogen-bond acceptors (Lipinski definition) is 3. The average Bonchev–Trinajstić information content (AvgIpc) is 3.45. The van der Waals surface area contributed by atoms with Gasteiger partial charge >= 0.3 is 6.03 Å². The molecule has 0 aromatic heterocycles. The second-order valence-corrected chi connectivity index (χ2v) is 8.52. The Morgan fingerprint density at radius 3 is 2.75 bits per heavy atom. The van der Waals surface area contributed by atoms with Gasteiger partial charge in [0.05, 0.1) is 5.02 Å². The van der Waals surface area contributed by atoms with Gasteiger partial charge in [0.2, 0.25) is 5.91 Å². The number of hydrogen-bond donors (Lipinski definition) is 2. The maximum absolute atomic E-state index is 13.8. The fourth-order valence-corrected chi connectivity index (χ4v) is 4.66. The van der Waals surface area contributed by atoms with E-state index in [-0.39, 0.29) is 35.1 Å². The molecule has 4 rings (SSSR count). The number of carbonyl (C=O) groups is 3. The summed E-state index contributed by atoms with van der Waals surface area (Å²) in [5.41, 5.74) is 0.893. The lowest BCUT2D eigenvalue weighted by atomic mass is 9.87. The van der Waals surface area contributed by atoms with E-state index in [2.05, 4.69) is 10.6 Å². The highest BCUT2D eigenvalue weighted by atomic mass is 35.5. The standard InChI is InChI=1S/C20H23ClFN3O3/c1-11-10-25(7-5-12-8-16(22)15(21)9-14(11)12)17(26)4-6-20(13-2-3-13)18(27)23-19(28)24-20/h8-9,11,13H,2-7,10H2,1H3,(H2,23,24,27,28)/t11-,20+/m1/s1. The molecule has 0 radical (unpaired) electrons. The van der Waals surface area contributed by atoms with E-state index in [0.717, 1.165) is 24.0 Å². The van der Waals surface area contributed by atoms with Gasteiger partial charge < -0.3 is 10.2 Å². The van der Waals surface area contributed by atoms with Crippen LogP contribution < -0.4 is 10.6 Å². The van der Waals surface area contributed by atoms with Gasteiger partial charge in [-0.3, -0.25) is 14.9 Å². The monoisotopic (exact) mass is 407 g/mol. The highest BCUT2D eigenvalue weighted by molar-refractivity contribution is 6.30. The van der Waals surface area contributed by atoms with Crippen LogP contribution in [0.4, 0.5) is 9.18 Å². The van der Waals surface area contributed by atoms with Crippen molar-refractivity contribution in [1.29, 1.82) is 0 Å². The summed E-state index contributed by atoms with van der Waals surface area (Å²) in [7, 11) is 0. The predicted octanol–water partition coefficient (Wildman–Crippen LogP) is 2.74. The van der Waals surface area contributed by atoms with Crippen LogP contribution in [0.15, 0.2) is 12.1 Å². The van der Waals surface area contributed by atoms with Crippen molar-refractivity contribution in [3.05, 3.63) is 34.1 Å². The third kappa shape index (κ3) is 3.36. The molecule has 2 fully saturated rings. The van der Waals surface area contributed by atoms with Crippen LogP contribution >= 0.6 is 11.6 Å². The molecule has 4 amide bonds. The van der Waals surface area contributed by atoms with E-state index in [1.807, 2.05) is 6.92 Å². The summed E-state index contributed by atoms with van der Waals surface area (Å²) < 4.78 is 13.8. The molecule has 1 saturated heterocycles. The van der Waals surface area contributed by atoms with Gasteiger partial charge in [0.25, 0.3) is 5.91 Å². The van der Waals surface area contributed by atoms with Crippen LogP contribution in [0.5, 0.6) is 0 Å². The van der Waals surface area contributed by atoms with Crippen molar-refractivity contribution in [1.82, 2.24) is 15.5 Å². The fraction of sp³-hybridized carbons (Fsp3) is 0.550. The van der Waals surface area contributed by atoms with Crippen LogP contribution in [0.1, 0.15) is 49.7 Å². The molecule has 2 atom stereocenters. The van der Waals surface area contributed by atoms with Crippen molar-refractivity contribution in [3.63, 3.8) is 0 Å². The smallest absolute Gasteiger partial charge is 0.322 e. The molecular weight excluding hydrogens is 385 g/mol. The molecule has 150 valence electrons. The summed E-state index contributed by atoms with van der Waals surface area (Å²) in [5.74, 6) is -0.688. The zero-order chi connectivity index (χ0) is 20.1. The van der Waals surface area contributed by atoms with Gasteiger partial charge in [0.15, 0.2) is 0 Å². The van der Waals surface area contributed by atoms with Gasteiger partial charge in [-0.1, -0.05) is 18.5 Å². The van der Waals surface area contributed by atoms with Crippen LogP contribution in [0.25, 0.3) is 0 Å². The Balaban J connectivity index is 1.44. The predicted molar refractivity (Wildman–Crippen MR) is 101 cm³/mol. The lowest BCUT2D eigenvalue weighted by molar-refractivity contribution is -0.132. The van der Waals surface area contributed by atoms with Crippen molar-refractivity contribution in [3.8, 4) is 0 Å². The van der Waals surface area contributed by atoms with Crippen molar-refractivity contribution < 1.29 is 18.8 Å². The number of rotatable bonds is 4. The Kier molecular flexibility index (Phi) is 4.81. The SMILES string of the molecule is C[C@@H]1CN(C(=O)CC[C@@]2(C3CC3)NC(=O)NC2=O)CCc2cc(F)c(Cl)cc21. The van der Waals surface area contributed by atoms with Crippen LogP contribution in [0.2, 0.25) is 5.02 Å². The van der Waals surface area contributed by atoms with Crippen molar-refractivity contribution in [2.45, 2.75) is 50.5 Å². The Labute approximate surface area is 167 Å². The minimum Gasteiger partial charge on any atom is -0.342 e. The summed E-state index contributed by atoms with van der Waals surface area (Å²) in [6, 6.07) is 2.63. The molecule has 1 aliphatic carbocycles. The van der Waals surface area contributed by atoms with Crippen molar-refractivity contribution in [2.75, 3.05) is 13.1 Å². The molecular formula is C20H23ClFN3O3. The average molecular weight is 408 g/mol. The molecule has 2 N–H and O–H groups in total. The largest absolute Gasteiger partial charge is 0.342 e. The number of fused-ring (bicyclic) bond motifs is 1. The molecule has 8 heteroatoms. The molecule has 0 spiro atoms. The maximum Gasteiger partial charge on any atom is 0.322 e.